The number of aromatic carboxylic acids is 1. The van der Waals surface area contributed by atoms with Crippen molar-refractivity contribution < 1.29 is 19.0 Å². The molecule has 0 spiro atoms. The lowest BCUT2D eigenvalue weighted by Gasteiger charge is -2.09. The molecule has 0 atom stereocenters. The topological polar surface area (TPSA) is 46.5 Å². The van der Waals surface area contributed by atoms with Crippen molar-refractivity contribution in [2.24, 2.45) is 0 Å². The van der Waals surface area contributed by atoms with Gasteiger partial charge in [0, 0.05) is 0 Å². The molecule has 1 aromatic rings. The molecule has 0 aromatic heterocycles. The fourth-order valence-electron chi connectivity index (χ4n) is 1.13. The van der Waals surface area contributed by atoms with Crippen molar-refractivity contribution >= 4 is 17.6 Å². The van der Waals surface area contributed by atoms with Crippen molar-refractivity contribution in [2.75, 3.05) is 7.11 Å². The fourth-order valence-corrected chi connectivity index (χ4v) is 1.46. The van der Waals surface area contributed by atoms with Gasteiger partial charge in [0.15, 0.2) is 5.75 Å². The van der Waals surface area contributed by atoms with Crippen LogP contribution in [0.1, 0.15) is 15.9 Å². The number of hydrogen-bond acceptors (Lipinski definition) is 2. The molecule has 0 amide bonds. The predicted octanol–water partition coefficient (Wildman–Crippen LogP) is 2.49. The molecule has 0 radical (unpaired) electrons. The highest BCUT2D eigenvalue weighted by molar-refractivity contribution is 6.32. The number of aryl methyl sites for hydroxylation is 1. The Morgan fingerprint density at radius 3 is 2.64 bits per heavy atom. The van der Waals surface area contributed by atoms with Crippen LogP contribution >= 0.6 is 11.6 Å². The summed E-state index contributed by atoms with van der Waals surface area (Å²) in [5, 5.41) is 8.83. The Morgan fingerprint density at radius 1 is 1.64 bits per heavy atom. The summed E-state index contributed by atoms with van der Waals surface area (Å²) < 4.78 is 18.1. The second-order valence-electron chi connectivity index (χ2n) is 2.70. The van der Waals surface area contributed by atoms with Crippen LogP contribution in [0.3, 0.4) is 0 Å². The molecule has 0 unspecified atom stereocenters. The molecular formula is C9H8ClFO3. The minimum atomic E-state index is -1.40. The molecule has 0 aliphatic carbocycles. The quantitative estimate of drug-likeness (QED) is 0.830. The average Bonchev–Trinajstić information content (AvgIpc) is 2.10. The molecule has 0 aliphatic heterocycles. The molecule has 0 bridgehead atoms. The lowest BCUT2D eigenvalue weighted by Crippen LogP contribution is -2.06. The number of carboxylic acid groups (broad SMARTS) is 1. The molecule has 0 saturated heterocycles. The smallest absolute Gasteiger partial charge is 0.342 e. The molecule has 1 rings (SSSR count). The number of methoxy groups -OCH3 is 1. The summed E-state index contributed by atoms with van der Waals surface area (Å²) in [5.41, 5.74) is -0.356. The molecule has 5 heteroatoms. The minimum Gasteiger partial charge on any atom is -0.494 e. The van der Waals surface area contributed by atoms with E-state index < -0.39 is 17.3 Å². The maximum absolute atomic E-state index is 13.4. The Balaban J connectivity index is 3.56. The Kier molecular flexibility index (Phi) is 2.96. The molecule has 1 aromatic carbocycles. The summed E-state index contributed by atoms with van der Waals surface area (Å²) in [6.07, 6.45) is 0. The molecule has 0 aliphatic rings. The van der Waals surface area contributed by atoms with Gasteiger partial charge in [-0.15, -0.1) is 0 Å². The van der Waals surface area contributed by atoms with Gasteiger partial charge in [-0.25, -0.2) is 9.18 Å². The van der Waals surface area contributed by atoms with Gasteiger partial charge in [0.05, 0.1) is 12.1 Å². The van der Waals surface area contributed by atoms with Crippen LogP contribution in [0.25, 0.3) is 0 Å². The van der Waals surface area contributed by atoms with Crippen LogP contribution in [0.4, 0.5) is 4.39 Å². The van der Waals surface area contributed by atoms with Gasteiger partial charge in [0.25, 0.3) is 0 Å². The highest BCUT2D eigenvalue weighted by atomic mass is 35.5. The SMILES string of the molecule is COc1c(Cl)cc(C)c(F)c1C(=O)O. The summed E-state index contributed by atoms with van der Waals surface area (Å²) in [6, 6.07) is 1.32. The zero-order valence-electron chi connectivity index (χ0n) is 7.60. The number of carboxylic acids is 1. The number of halogens is 2. The van der Waals surface area contributed by atoms with Crippen molar-refractivity contribution in [3.05, 3.63) is 28.0 Å². The first-order valence-electron chi connectivity index (χ1n) is 3.75. The first-order chi connectivity index (χ1) is 6.49. The molecule has 0 saturated carbocycles. The Hall–Kier alpha value is -1.29. The summed E-state index contributed by atoms with van der Waals surface area (Å²) in [7, 11) is 1.24. The van der Waals surface area contributed by atoms with Crippen molar-refractivity contribution in [3.63, 3.8) is 0 Å². The molecule has 0 heterocycles. The van der Waals surface area contributed by atoms with Crippen molar-refractivity contribution in [2.45, 2.75) is 6.92 Å². The van der Waals surface area contributed by atoms with E-state index in [4.69, 9.17) is 21.4 Å². The molecular weight excluding hydrogens is 211 g/mol. The van der Waals surface area contributed by atoms with E-state index in [9.17, 15) is 9.18 Å². The Morgan fingerprint density at radius 2 is 2.21 bits per heavy atom. The summed E-state index contributed by atoms with van der Waals surface area (Å²) >= 11 is 5.70. The van der Waals surface area contributed by atoms with E-state index in [0.717, 1.165) is 0 Å². The van der Waals surface area contributed by atoms with Crippen LogP contribution in [0, 0.1) is 12.7 Å². The summed E-state index contributed by atoms with van der Waals surface area (Å²) in [5.74, 6) is -2.37. The number of hydrogen-bond donors (Lipinski definition) is 1. The van der Waals surface area contributed by atoms with E-state index in [1.165, 1.54) is 20.1 Å². The summed E-state index contributed by atoms with van der Waals surface area (Å²) in [6.45, 7) is 1.44. The minimum absolute atomic E-state index is 0.0869. The fraction of sp³-hybridized carbons (Fsp3) is 0.222. The van der Waals surface area contributed by atoms with Gasteiger partial charge in [-0.05, 0) is 18.6 Å². The van der Waals surface area contributed by atoms with Crippen molar-refractivity contribution in [1.29, 1.82) is 0 Å². The third-order valence-electron chi connectivity index (χ3n) is 1.77. The molecule has 0 fully saturated rings. The van der Waals surface area contributed by atoms with E-state index in [1.54, 1.807) is 0 Å². The molecule has 3 nitrogen and oxygen atoms in total. The third kappa shape index (κ3) is 1.65. The molecule has 1 N–H and O–H groups in total. The lowest BCUT2D eigenvalue weighted by molar-refractivity contribution is 0.0688. The van der Waals surface area contributed by atoms with Crippen LogP contribution in [0.2, 0.25) is 5.02 Å². The van der Waals surface area contributed by atoms with Crippen LogP contribution in [0.5, 0.6) is 5.75 Å². The monoisotopic (exact) mass is 218 g/mol. The maximum atomic E-state index is 13.4. The van der Waals surface area contributed by atoms with Gasteiger partial charge in [0.1, 0.15) is 11.4 Å². The van der Waals surface area contributed by atoms with Crippen LogP contribution in [-0.2, 0) is 0 Å². The normalized spacial score (nSPS) is 10.0. The highest BCUT2D eigenvalue weighted by Crippen LogP contribution is 2.32. The van der Waals surface area contributed by atoms with Gasteiger partial charge in [0.2, 0.25) is 0 Å². The van der Waals surface area contributed by atoms with E-state index >= 15 is 0 Å². The summed E-state index contributed by atoms with van der Waals surface area (Å²) in [4.78, 5) is 10.7. The number of carbonyl (C=O) groups is 1. The zero-order valence-corrected chi connectivity index (χ0v) is 8.35. The van der Waals surface area contributed by atoms with E-state index in [2.05, 4.69) is 0 Å². The number of benzene rings is 1. The maximum Gasteiger partial charge on any atom is 0.342 e. The highest BCUT2D eigenvalue weighted by Gasteiger charge is 2.21. The van der Waals surface area contributed by atoms with Gasteiger partial charge < -0.3 is 9.84 Å². The number of ether oxygens (including phenoxy) is 1. The Labute approximate surface area is 85.1 Å². The van der Waals surface area contributed by atoms with Crippen LogP contribution < -0.4 is 4.74 Å². The second kappa shape index (κ2) is 3.84. The van der Waals surface area contributed by atoms with Crippen molar-refractivity contribution in [1.82, 2.24) is 0 Å². The van der Waals surface area contributed by atoms with Gasteiger partial charge in [-0.3, -0.25) is 0 Å². The average molecular weight is 219 g/mol. The second-order valence-corrected chi connectivity index (χ2v) is 3.11. The van der Waals surface area contributed by atoms with Crippen LogP contribution in [0.15, 0.2) is 6.07 Å². The number of rotatable bonds is 2. The molecule has 14 heavy (non-hydrogen) atoms. The first kappa shape index (κ1) is 10.8. The van der Waals surface area contributed by atoms with E-state index in [0.29, 0.717) is 0 Å². The van der Waals surface area contributed by atoms with Gasteiger partial charge >= 0.3 is 5.97 Å². The zero-order chi connectivity index (χ0) is 10.9. The first-order valence-corrected chi connectivity index (χ1v) is 4.12. The third-order valence-corrected chi connectivity index (χ3v) is 2.05. The van der Waals surface area contributed by atoms with Gasteiger partial charge in [-0.1, -0.05) is 11.6 Å². The van der Waals surface area contributed by atoms with Crippen molar-refractivity contribution in [3.8, 4) is 5.75 Å². The Bertz CT molecular complexity index is 390. The molecule has 76 valence electrons. The van der Waals surface area contributed by atoms with Gasteiger partial charge in [-0.2, -0.15) is 0 Å². The van der Waals surface area contributed by atoms with E-state index in [-0.39, 0.29) is 16.3 Å². The van der Waals surface area contributed by atoms with Crippen LogP contribution in [-0.4, -0.2) is 18.2 Å². The largest absolute Gasteiger partial charge is 0.494 e. The standard InChI is InChI=1S/C9H8ClFO3/c1-4-3-5(10)8(14-2)6(7(4)11)9(12)13/h3H,1-2H3,(H,12,13). The predicted molar refractivity (Wildman–Crippen MR) is 49.7 cm³/mol. The van der Waals surface area contributed by atoms with E-state index in [1.807, 2.05) is 0 Å². The lowest BCUT2D eigenvalue weighted by atomic mass is 10.1.